The van der Waals surface area contributed by atoms with Crippen molar-refractivity contribution < 1.29 is 9.22 Å². The minimum atomic E-state index is 0.978. The SMILES string of the molecule is CCCCCCCCCCCCCCC[N+]1(CC)CCOCC1. The molecule has 1 aliphatic rings. The van der Waals surface area contributed by atoms with Crippen LogP contribution in [0.15, 0.2) is 0 Å². The maximum atomic E-state index is 5.53. The van der Waals surface area contributed by atoms with Gasteiger partial charge in [0.15, 0.2) is 0 Å². The van der Waals surface area contributed by atoms with Crippen LogP contribution in [0.5, 0.6) is 0 Å². The predicted octanol–water partition coefficient (Wildman–Crippen LogP) is 5.94. The summed E-state index contributed by atoms with van der Waals surface area (Å²) >= 11 is 0. The summed E-state index contributed by atoms with van der Waals surface area (Å²) in [5.74, 6) is 0. The molecule has 0 unspecified atom stereocenters. The van der Waals surface area contributed by atoms with E-state index in [9.17, 15) is 0 Å². The third-order valence-electron chi connectivity index (χ3n) is 5.83. The van der Waals surface area contributed by atoms with Gasteiger partial charge in [-0.25, -0.2) is 0 Å². The van der Waals surface area contributed by atoms with E-state index in [2.05, 4.69) is 13.8 Å². The topological polar surface area (TPSA) is 9.23 Å². The van der Waals surface area contributed by atoms with Crippen LogP contribution in [0.4, 0.5) is 0 Å². The summed E-state index contributed by atoms with van der Waals surface area (Å²) in [6.45, 7) is 11.8. The second-order valence-electron chi connectivity index (χ2n) is 7.68. The van der Waals surface area contributed by atoms with Crippen molar-refractivity contribution in [3.05, 3.63) is 0 Å². The molecule has 0 spiro atoms. The van der Waals surface area contributed by atoms with Crippen molar-refractivity contribution in [1.82, 2.24) is 0 Å². The average molecular weight is 327 g/mol. The van der Waals surface area contributed by atoms with E-state index in [1.54, 1.807) is 0 Å². The van der Waals surface area contributed by atoms with Crippen molar-refractivity contribution in [2.45, 2.75) is 97.3 Å². The van der Waals surface area contributed by atoms with Crippen molar-refractivity contribution in [3.63, 3.8) is 0 Å². The summed E-state index contributed by atoms with van der Waals surface area (Å²) < 4.78 is 6.85. The molecule has 0 radical (unpaired) electrons. The molecule has 1 heterocycles. The summed E-state index contributed by atoms with van der Waals surface area (Å²) in [5, 5.41) is 0. The Morgan fingerprint density at radius 1 is 0.609 bits per heavy atom. The first-order chi connectivity index (χ1) is 11.3. The Morgan fingerprint density at radius 3 is 1.48 bits per heavy atom. The first kappa shape index (κ1) is 21.0. The van der Waals surface area contributed by atoms with Crippen LogP contribution in [0.1, 0.15) is 97.3 Å². The molecule has 0 amide bonds. The average Bonchev–Trinajstić information content (AvgIpc) is 2.60. The lowest BCUT2D eigenvalue weighted by Crippen LogP contribution is -2.55. The maximum absolute atomic E-state index is 5.53. The molecule has 23 heavy (non-hydrogen) atoms. The van der Waals surface area contributed by atoms with Crippen LogP contribution in [-0.4, -0.2) is 43.9 Å². The highest BCUT2D eigenvalue weighted by Gasteiger charge is 2.27. The number of ether oxygens (including phenoxy) is 1. The molecule has 0 N–H and O–H groups in total. The second kappa shape index (κ2) is 14.3. The Morgan fingerprint density at radius 2 is 1.04 bits per heavy atom. The number of rotatable bonds is 15. The fourth-order valence-electron chi connectivity index (χ4n) is 3.89. The number of hydrogen-bond donors (Lipinski definition) is 0. The highest BCUT2D eigenvalue weighted by molar-refractivity contribution is 4.52. The highest BCUT2D eigenvalue weighted by atomic mass is 16.5. The highest BCUT2D eigenvalue weighted by Crippen LogP contribution is 2.16. The molecular weight excluding hydrogens is 282 g/mol. The second-order valence-corrected chi connectivity index (χ2v) is 7.68. The van der Waals surface area contributed by atoms with E-state index in [4.69, 9.17) is 4.74 Å². The monoisotopic (exact) mass is 326 g/mol. The zero-order valence-electron chi connectivity index (χ0n) is 16.3. The maximum Gasteiger partial charge on any atom is 0.102 e. The Hall–Kier alpha value is -0.0800. The Labute approximate surface area is 146 Å². The van der Waals surface area contributed by atoms with Crippen molar-refractivity contribution in [2.75, 3.05) is 39.4 Å². The van der Waals surface area contributed by atoms with E-state index >= 15 is 0 Å². The first-order valence-corrected chi connectivity index (χ1v) is 10.8. The molecule has 1 saturated heterocycles. The van der Waals surface area contributed by atoms with Crippen LogP contribution < -0.4 is 0 Å². The number of hydrogen-bond acceptors (Lipinski definition) is 1. The zero-order chi connectivity index (χ0) is 16.6. The molecule has 2 heteroatoms. The molecular formula is C21H44NO+. The van der Waals surface area contributed by atoms with Gasteiger partial charge in [-0.1, -0.05) is 77.6 Å². The van der Waals surface area contributed by atoms with E-state index in [-0.39, 0.29) is 0 Å². The molecule has 0 aromatic carbocycles. The van der Waals surface area contributed by atoms with Crippen molar-refractivity contribution >= 4 is 0 Å². The van der Waals surface area contributed by atoms with Gasteiger partial charge in [-0.2, -0.15) is 0 Å². The summed E-state index contributed by atoms with van der Waals surface area (Å²) in [4.78, 5) is 0. The summed E-state index contributed by atoms with van der Waals surface area (Å²) in [6.07, 6.45) is 18.9. The number of morpholine rings is 1. The van der Waals surface area contributed by atoms with Gasteiger partial charge < -0.3 is 9.22 Å². The van der Waals surface area contributed by atoms with E-state index in [0.717, 1.165) is 13.2 Å². The molecule has 0 atom stereocenters. The van der Waals surface area contributed by atoms with Crippen LogP contribution in [0.25, 0.3) is 0 Å². The Bertz CT molecular complexity index is 248. The Balaban J connectivity index is 1.82. The van der Waals surface area contributed by atoms with Gasteiger partial charge in [0.1, 0.15) is 13.1 Å². The van der Waals surface area contributed by atoms with Crippen LogP contribution in [-0.2, 0) is 4.74 Å². The molecule has 1 aliphatic heterocycles. The van der Waals surface area contributed by atoms with Gasteiger partial charge in [-0.05, 0) is 19.8 Å². The van der Waals surface area contributed by atoms with Gasteiger partial charge in [-0.15, -0.1) is 0 Å². The minimum Gasteiger partial charge on any atom is -0.370 e. The van der Waals surface area contributed by atoms with Crippen LogP contribution >= 0.6 is 0 Å². The van der Waals surface area contributed by atoms with Gasteiger partial charge in [0.25, 0.3) is 0 Å². The largest absolute Gasteiger partial charge is 0.370 e. The van der Waals surface area contributed by atoms with Gasteiger partial charge in [-0.3, -0.25) is 0 Å². The normalized spacial score (nSPS) is 17.5. The molecule has 2 nitrogen and oxygen atoms in total. The first-order valence-electron chi connectivity index (χ1n) is 10.8. The lowest BCUT2D eigenvalue weighted by Gasteiger charge is -2.40. The molecule has 1 fully saturated rings. The summed E-state index contributed by atoms with van der Waals surface area (Å²) in [5.41, 5.74) is 0. The third-order valence-corrected chi connectivity index (χ3v) is 5.83. The van der Waals surface area contributed by atoms with Crippen molar-refractivity contribution in [3.8, 4) is 0 Å². The molecule has 0 aliphatic carbocycles. The summed E-state index contributed by atoms with van der Waals surface area (Å²) in [7, 11) is 0. The smallest absolute Gasteiger partial charge is 0.102 e. The summed E-state index contributed by atoms with van der Waals surface area (Å²) in [6, 6.07) is 0. The van der Waals surface area contributed by atoms with Gasteiger partial charge in [0.2, 0.25) is 0 Å². The molecule has 0 aromatic heterocycles. The van der Waals surface area contributed by atoms with Gasteiger partial charge in [0, 0.05) is 0 Å². The van der Waals surface area contributed by atoms with Crippen molar-refractivity contribution in [1.29, 1.82) is 0 Å². The van der Waals surface area contributed by atoms with E-state index < -0.39 is 0 Å². The van der Waals surface area contributed by atoms with Crippen LogP contribution in [0.2, 0.25) is 0 Å². The van der Waals surface area contributed by atoms with Gasteiger partial charge in [0.05, 0.1) is 26.3 Å². The number of quaternary nitrogens is 1. The molecule has 1 rings (SSSR count). The zero-order valence-corrected chi connectivity index (χ0v) is 16.3. The minimum absolute atomic E-state index is 0.978. The van der Waals surface area contributed by atoms with Crippen LogP contribution in [0, 0.1) is 0 Å². The molecule has 0 bridgehead atoms. The molecule has 0 aromatic rings. The van der Waals surface area contributed by atoms with Gasteiger partial charge >= 0.3 is 0 Å². The van der Waals surface area contributed by atoms with E-state index in [0.29, 0.717) is 0 Å². The lowest BCUT2D eigenvalue weighted by atomic mass is 10.0. The molecule has 138 valence electrons. The number of likely N-dealkylation sites (N-methyl/N-ethyl adjacent to an activating group) is 1. The standard InChI is InChI=1S/C21H44NO/c1-3-5-6-7-8-9-10-11-12-13-14-15-16-17-22(4-2)18-20-23-21-19-22/h3-21H2,1-2H3/q+1. The fraction of sp³-hybridized carbons (Fsp3) is 1.00. The van der Waals surface area contributed by atoms with Crippen molar-refractivity contribution in [2.24, 2.45) is 0 Å². The van der Waals surface area contributed by atoms with E-state index in [1.807, 2.05) is 0 Å². The third kappa shape index (κ3) is 10.4. The van der Waals surface area contributed by atoms with E-state index in [1.165, 1.54) is 114 Å². The fourth-order valence-corrected chi connectivity index (χ4v) is 3.89. The Kier molecular flexibility index (Phi) is 13.0. The number of unbranched alkanes of at least 4 members (excludes halogenated alkanes) is 12. The molecule has 0 saturated carbocycles. The number of nitrogens with zero attached hydrogens (tertiary/aromatic N) is 1. The predicted molar refractivity (Wildman–Crippen MR) is 102 cm³/mol. The van der Waals surface area contributed by atoms with Crippen LogP contribution in [0.3, 0.4) is 0 Å². The lowest BCUT2D eigenvalue weighted by molar-refractivity contribution is -0.933. The quantitative estimate of drug-likeness (QED) is 0.267.